The number of halogens is 2. The number of hydrogen-bond donors (Lipinski definition) is 2. The SMILES string of the molecule is CC(C)(C)c1ccc(C(=O)Nc2cccc3c(NC(=O)c4ccc(C(C)(C)C)c(Br)c4)cccc23)cc1Br. The van der Waals surface area contributed by atoms with Gasteiger partial charge in [0.05, 0.1) is 0 Å². The molecule has 2 N–H and O–H groups in total. The molecule has 0 aliphatic rings. The van der Waals surface area contributed by atoms with Crippen LogP contribution in [0.1, 0.15) is 73.4 Å². The molecule has 0 aromatic heterocycles. The topological polar surface area (TPSA) is 58.2 Å². The van der Waals surface area contributed by atoms with Gasteiger partial charge >= 0.3 is 0 Å². The summed E-state index contributed by atoms with van der Waals surface area (Å²) in [6.45, 7) is 12.8. The van der Waals surface area contributed by atoms with Crippen LogP contribution in [0.5, 0.6) is 0 Å². The second kappa shape index (κ2) is 10.7. The summed E-state index contributed by atoms with van der Waals surface area (Å²) in [7, 11) is 0. The maximum absolute atomic E-state index is 13.1. The van der Waals surface area contributed by atoms with Gasteiger partial charge in [-0.05, 0) is 58.4 Å². The third kappa shape index (κ3) is 6.02. The summed E-state index contributed by atoms with van der Waals surface area (Å²) < 4.78 is 1.81. The number of carbonyl (C=O) groups excluding carboxylic acids is 2. The van der Waals surface area contributed by atoms with Gasteiger partial charge in [0.25, 0.3) is 11.8 Å². The van der Waals surface area contributed by atoms with Crippen LogP contribution in [0.4, 0.5) is 11.4 Å². The third-order valence-electron chi connectivity index (χ3n) is 6.50. The molecular formula is C32H32Br2N2O2. The molecule has 0 radical (unpaired) electrons. The van der Waals surface area contributed by atoms with Crippen LogP contribution in [0, 0.1) is 0 Å². The molecular weight excluding hydrogens is 604 g/mol. The van der Waals surface area contributed by atoms with Gasteiger partial charge in [-0.3, -0.25) is 9.59 Å². The fourth-order valence-corrected chi connectivity index (χ4v) is 6.39. The van der Waals surface area contributed by atoms with Crippen molar-refractivity contribution in [1.29, 1.82) is 0 Å². The fraction of sp³-hybridized carbons (Fsp3) is 0.250. The first-order valence-electron chi connectivity index (χ1n) is 12.5. The monoisotopic (exact) mass is 634 g/mol. The molecule has 0 aliphatic carbocycles. The highest BCUT2D eigenvalue weighted by Crippen LogP contribution is 2.33. The van der Waals surface area contributed by atoms with Crippen molar-refractivity contribution in [3.8, 4) is 0 Å². The van der Waals surface area contributed by atoms with Crippen LogP contribution in [-0.2, 0) is 10.8 Å². The molecule has 0 spiro atoms. The second-order valence-electron chi connectivity index (χ2n) is 11.5. The highest BCUT2D eigenvalue weighted by molar-refractivity contribution is 9.10. The Labute approximate surface area is 241 Å². The lowest BCUT2D eigenvalue weighted by atomic mass is 9.86. The largest absolute Gasteiger partial charge is 0.321 e. The summed E-state index contributed by atoms with van der Waals surface area (Å²) in [6, 6.07) is 22.8. The molecule has 0 fully saturated rings. The van der Waals surface area contributed by atoms with Gasteiger partial charge in [-0.15, -0.1) is 0 Å². The van der Waals surface area contributed by atoms with Gasteiger partial charge in [0, 0.05) is 42.2 Å². The van der Waals surface area contributed by atoms with Gasteiger partial charge in [-0.25, -0.2) is 0 Å². The van der Waals surface area contributed by atoms with E-state index in [9.17, 15) is 9.59 Å². The van der Waals surface area contributed by atoms with Crippen molar-refractivity contribution in [2.24, 2.45) is 0 Å². The van der Waals surface area contributed by atoms with Crippen LogP contribution in [0.25, 0.3) is 10.8 Å². The maximum atomic E-state index is 13.1. The minimum absolute atomic E-state index is 0.0327. The first kappa shape index (κ1) is 28.1. The molecule has 6 heteroatoms. The van der Waals surface area contributed by atoms with Crippen LogP contribution < -0.4 is 10.6 Å². The Balaban J connectivity index is 1.60. The number of amides is 2. The standard InChI is InChI=1S/C32H32Br2N2O2/c1-31(2,3)23-15-13-19(17-25(23)33)29(37)35-27-11-7-10-22-21(27)9-8-12-28(22)36-30(38)20-14-16-24(26(34)18-20)32(4,5)6/h7-18H,1-6H3,(H,35,37)(H,36,38). The first-order chi connectivity index (χ1) is 17.8. The van der Waals surface area contributed by atoms with Gasteiger partial charge in [-0.1, -0.05) is 110 Å². The quantitative estimate of drug-likeness (QED) is 0.235. The van der Waals surface area contributed by atoms with Crippen LogP contribution in [0.3, 0.4) is 0 Å². The van der Waals surface area contributed by atoms with Crippen LogP contribution in [0.15, 0.2) is 81.7 Å². The van der Waals surface area contributed by atoms with Crippen LogP contribution >= 0.6 is 31.9 Å². The summed E-state index contributed by atoms with van der Waals surface area (Å²) in [4.78, 5) is 26.3. The van der Waals surface area contributed by atoms with E-state index >= 15 is 0 Å². The molecule has 4 aromatic carbocycles. The van der Waals surface area contributed by atoms with E-state index in [-0.39, 0.29) is 22.6 Å². The average Bonchev–Trinajstić information content (AvgIpc) is 2.82. The average molecular weight is 636 g/mol. The number of fused-ring (bicyclic) bond motifs is 1. The van der Waals surface area contributed by atoms with Gasteiger partial charge < -0.3 is 10.6 Å². The summed E-state index contributed by atoms with van der Waals surface area (Å²) in [6.07, 6.45) is 0. The third-order valence-corrected chi connectivity index (χ3v) is 7.81. The Kier molecular flexibility index (Phi) is 7.87. The maximum Gasteiger partial charge on any atom is 0.255 e. The molecule has 2 amide bonds. The predicted octanol–water partition coefficient (Wildman–Crippen LogP) is 9.46. The Bertz CT molecular complexity index is 1430. The molecule has 0 aliphatic heterocycles. The Morgan fingerprint density at radius 3 is 1.26 bits per heavy atom. The number of hydrogen-bond acceptors (Lipinski definition) is 2. The van der Waals surface area contributed by atoms with E-state index in [0.717, 1.165) is 30.8 Å². The highest BCUT2D eigenvalue weighted by atomic mass is 79.9. The smallest absolute Gasteiger partial charge is 0.255 e. The lowest BCUT2D eigenvalue weighted by Crippen LogP contribution is -2.16. The molecule has 196 valence electrons. The molecule has 0 heterocycles. The summed E-state index contributed by atoms with van der Waals surface area (Å²) in [5.41, 5.74) is 4.70. The molecule has 0 saturated heterocycles. The molecule has 4 rings (SSSR count). The van der Waals surface area contributed by atoms with Crippen molar-refractivity contribution < 1.29 is 9.59 Å². The van der Waals surface area contributed by atoms with E-state index in [4.69, 9.17) is 0 Å². The van der Waals surface area contributed by atoms with Crippen molar-refractivity contribution in [1.82, 2.24) is 0 Å². The van der Waals surface area contributed by atoms with E-state index in [2.05, 4.69) is 84.0 Å². The lowest BCUT2D eigenvalue weighted by molar-refractivity contribution is 0.101. The summed E-state index contributed by atoms with van der Waals surface area (Å²) >= 11 is 7.25. The zero-order chi connectivity index (χ0) is 27.8. The van der Waals surface area contributed by atoms with E-state index < -0.39 is 0 Å². The van der Waals surface area contributed by atoms with Crippen LogP contribution in [0.2, 0.25) is 0 Å². The number of benzene rings is 4. The zero-order valence-corrected chi connectivity index (χ0v) is 25.7. The molecule has 0 atom stereocenters. The van der Waals surface area contributed by atoms with Crippen LogP contribution in [-0.4, -0.2) is 11.8 Å². The first-order valence-corrected chi connectivity index (χ1v) is 14.1. The Morgan fingerprint density at radius 2 is 0.947 bits per heavy atom. The van der Waals surface area contributed by atoms with Crippen molar-refractivity contribution in [2.75, 3.05) is 10.6 Å². The number of carbonyl (C=O) groups is 2. The minimum atomic E-state index is -0.197. The van der Waals surface area contributed by atoms with Gasteiger partial charge in [0.15, 0.2) is 0 Å². The molecule has 38 heavy (non-hydrogen) atoms. The number of anilines is 2. The highest BCUT2D eigenvalue weighted by Gasteiger charge is 2.20. The molecule has 4 nitrogen and oxygen atoms in total. The number of nitrogens with one attached hydrogen (secondary N) is 2. The Hall–Kier alpha value is -2.96. The summed E-state index contributed by atoms with van der Waals surface area (Å²) in [5.74, 6) is -0.395. The predicted molar refractivity (Wildman–Crippen MR) is 166 cm³/mol. The Morgan fingerprint density at radius 1 is 0.579 bits per heavy atom. The van der Waals surface area contributed by atoms with Gasteiger partial charge in [0.2, 0.25) is 0 Å². The number of rotatable bonds is 4. The van der Waals surface area contributed by atoms with Crippen molar-refractivity contribution >= 4 is 65.8 Å². The minimum Gasteiger partial charge on any atom is -0.321 e. The van der Waals surface area contributed by atoms with Gasteiger partial charge in [-0.2, -0.15) is 0 Å². The van der Waals surface area contributed by atoms with Gasteiger partial charge in [0.1, 0.15) is 0 Å². The molecule has 0 bridgehead atoms. The molecule has 4 aromatic rings. The normalized spacial score (nSPS) is 11.9. The van der Waals surface area contributed by atoms with E-state index in [1.807, 2.05) is 72.8 Å². The lowest BCUT2D eigenvalue weighted by Gasteiger charge is -2.21. The van der Waals surface area contributed by atoms with Crippen molar-refractivity contribution in [3.63, 3.8) is 0 Å². The van der Waals surface area contributed by atoms with E-state index in [1.165, 1.54) is 0 Å². The summed E-state index contributed by atoms with van der Waals surface area (Å²) in [5, 5.41) is 7.78. The van der Waals surface area contributed by atoms with Crippen molar-refractivity contribution in [2.45, 2.75) is 52.4 Å². The van der Waals surface area contributed by atoms with E-state index in [1.54, 1.807) is 0 Å². The molecule has 0 unspecified atom stereocenters. The van der Waals surface area contributed by atoms with Crippen molar-refractivity contribution in [3.05, 3.63) is 104 Å². The fourth-order valence-electron chi connectivity index (χ4n) is 4.45. The molecule has 0 saturated carbocycles. The van der Waals surface area contributed by atoms with E-state index in [0.29, 0.717) is 22.5 Å². The zero-order valence-electron chi connectivity index (χ0n) is 22.5. The second-order valence-corrected chi connectivity index (χ2v) is 13.2.